The summed E-state index contributed by atoms with van der Waals surface area (Å²) in [5, 5.41) is 9.81. The van der Waals surface area contributed by atoms with Gasteiger partial charge in [-0.2, -0.15) is 8.78 Å². The smallest absolute Gasteiger partial charge is 0.313 e. The molecular formula is C52H73F4N9O16. The van der Waals surface area contributed by atoms with Crippen LogP contribution in [0.25, 0.3) is 6.08 Å². The lowest BCUT2D eigenvalue weighted by atomic mass is 10.1. The van der Waals surface area contributed by atoms with E-state index >= 15 is 0 Å². The highest BCUT2D eigenvalue weighted by molar-refractivity contribution is 6.06. The van der Waals surface area contributed by atoms with Crippen LogP contribution in [0.4, 0.5) is 34.9 Å². The lowest BCUT2D eigenvalue weighted by Crippen LogP contribution is -2.34. The molecule has 0 aliphatic carbocycles. The molecule has 0 unspecified atom stereocenters. The molecule has 2 aromatic heterocycles. The van der Waals surface area contributed by atoms with Crippen molar-refractivity contribution in [3.05, 3.63) is 70.8 Å². The van der Waals surface area contributed by atoms with Gasteiger partial charge in [0, 0.05) is 55.9 Å². The maximum absolute atomic E-state index is 13.6. The topological polar surface area (TPSA) is 295 Å². The van der Waals surface area contributed by atoms with Crippen molar-refractivity contribution in [2.24, 2.45) is 10.7 Å². The molecule has 1 aliphatic heterocycles. The summed E-state index contributed by atoms with van der Waals surface area (Å²) in [5.74, 6) is -10.1. The molecule has 450 valence electrons. The van der Waals surface area contributed by atoms with Crippen LogP contribution in [-0.2, 0) is 66.6 Å². The first-order chi connectivity index (χ1) is 39.4. The summed E-state index contributed by atoms with van der Waals surface area (Å²) in [7, 11) is 0. The first-order valence-corrected chi connectivity index (χ1v) is 26.3. The Balaban J connectivity index is 0.847. The highest BCUT2D eigenvalue weighted by atomic mass is 19.2. The third-order valence-corrected chi connectivity index (χ3v) is 10.5. The molecule has 81 heavy (non-hydrogen) atoms. The normalized spacial score (nSPS) is 12.1. The molecule has 4 rings (SSSR count). The van der Waals surface area contributed by atoms with Gasteiger partial charge in [-0.1, -0.05) is 6.92 Å². The third kappa shape index (κ3) is 27.8. The summed E-state index contributed by atoms with van der Waals surface area (Å²) < 4.78 is 112. The van der Waals surface area contributed by atoms with Crippen LogP contribution >= 0.6 is 0 Å². The molecule has 1 aliphatic rings. The summed E-state index contributed by atoms with van der Waals surface area (Å²) >= 11 is 0. The van der Waals surface area contributed by atoms with Gasteiger partial charge in [-0.3, -0.25) is 29.0 Å². The number of benzene rings is 1. The van der Waals surface area contributed by atoms with Crippen LogP contribution < -0.4 is 26.4 Å². The van der Waals surface area contributed by atoms with Gasteiger partial charge < -0.3 is 73.8 Å². The number of nitrogens with one attached hydrogen (secondary N) is 3. The fraction of sp³-hybridized carbons (Fsp3) is 0.577. The highest BCUT2D eigenvalue weighted by Gasteiger charge is 2.24. The van der Waals surface area contributed by atoms with Crippen molar-refractivity contribution in [2.45, 2.75) is 39.5 Å². The van der Waals surface area contributed by atoms with Gasteiger partial charge in [-0.25, -0.2) is 28.8 Å². The molecule has 3 aromatic rings. The van der Waals surface area contributed by atoms with Crippen LogP contribution in [0.2, 0.25) is 0 Å². The van der Waals surface area contributed by atoms with Crippen molar-refractivity contribution in [2.75, 3.05) is 169 Å². The van der Waals surface area contributed by atoms with Gasteiger partial charge in [0.25, 0.3) is 11.8 Å². The Bertz CT molecular complexity index is 2380. The van der Waals surface area contributed by atoms with E-state index in [0.29, 0.717) is 160 Å². The van der Waals surface area contributed by atoms with E-state index in [1.54, 1.807) is 13.0 Å². The number of fused-ring (bicyclic) bond motifs is 1. The van der Waals surface area contributed by atoms with Gasteiger partial charge in [0.2, 0.25) is 29.2 Å². The van der Waals surface area contributed by atoms with Crippen LogP contribution in [-0.4, -0.2) is 208 Å². The standard InChI is InChI=1S/C52H73F4N9O16/c1-3-9-65(80-4-2)51(69)37-30-38-34-60-43(33-42(38)64-44(57)31-37)50(68)63-39-35-61-52(62-36-39)59-8-7-58-45(66)5-10-70-12-14-72-16-18-74-20-22-76-24-26-78-28-29-79-27-25-77-23-21-75-19-17-73-15-13-71-11-6-46(67)81-49-47(55)40(53)32-41(54)48(49)56/h30,32-36H,3-29,31H2,1-2H3,(H2,57,64)(H,58,66)(H,63,68)(H,59,61,62). The lowest BCUT2D eigenvalue weighted by Gasteiger charge is -2.21. The number of hydrogen-bond donors (Lipinski definition) is 4. The average molecular weight is 1160 g/mol. The maximum Gasteiger partial charge on any atom is 0.313 e. The molecule has 1 aromatic carbocycles. The molecule has 0 saturated heterocycles. The Morgan fingerprint density at radius 3 is 1.58 bits per heavy atom. The zero-order valence-electron chi connectivity index (χ0n) is 45.6. The summed E-state index contributed by atoms with van der Waals surface area (Å²) in [6.45, 7) is 11.5. The molecule has 5 N–H and O–H groups in total. The van der Waals surface area contributed by atoms with Crippen molar-refractivity contribution in [1.82, 2.24) is 25.3 Å². The van der Waals surface area contributed by atoms with E-state index in [0.717, 1.165) is 0 Å². The van der Waals surface area contributed by atoms with Crippen LogP contribution in [0.15, 0.2) is 41.3 Å². The van der Waals surface area contributed by atoms with Crippen LogP contribution in [0.1, 0.15) is 55.6 Å². The van der Waals surface area contributed by atoms with Gasteiger partial charge in [-0.05, 0) is 25.5 Å². The first-order valence-electron chi connectivity index (χ1n) is 26.3. The number of carbonyl (C=O) groups is 4. The van der Waals surface area contributed by atoms with Crippen molar-refractivity contribution in [1.29, 1.82) is 0 Å². The fourth-order valence-corrected chi connectivity index (χ4v) is 6.65. The molecule has 0 saturated carbocycles. The number of anilines is 2. The molecule has 0 bridgehead atoms. The second kappa shape index (κ2) is 40.7. The number of amidine groups is 1. The Morgan fingerprint density at radius 2 is 1.10 bits per heavy atom. The van der Waals surface area contributed by atoms with Crippen molar-refractivity contribution >= 4 is 52.9 Å². The molecule has 0 fully saturated rings. The second-order valence-corrected chi connectivity index (χ2v) is 16.8. The quantitative estimate of drug-likeness (QED) is 0.0157. The van der Waals surface area contributed by atoms with E-state index in [1.807, 2.05) is 6.92 Å². The summed E-state index contributed by atoms with van der Waals surface area (Å²) in [6, 6.07) is 1.50. The van der Waals surface area contributed by atoms with Crippen LogP contribution in [0, 0.1) is 23.3 Å². The fourth-order valence-electron chi connectivity index (χ4n) is 6.65. The summed E-state index contributed by atoms with van der Waals surface area (Å²) in [5.41, 5.74) is 7.86. The Labute approximate surface area is 466 Å². The van der Waals surface area contributed by atoms with Crippen molar-refractivity contribution in [3.63, 3.8) is 0 Å². The highest BCUT2D eigenvalue weighted by Crippen LogP contribution is 2.29. The molecule has 0 atom stereocenters. The van der Waals surface area contributed by atoms with Crippen LogP contribution in [0.3, 0.4) is 0 Å². The predicted octanol–water partition coefficient (Wildman–Crippen LogP) is 3.73. The second-order valence-electron chi connectivity index (χ2n) is 16.8. The number of ether oxygens (including phenoxy) is 11. The van der Waals surface area contributed by atoms with E-state index in [4.69, 9.17) is 57.9 Å². The van der Waals surface area contributed by atoms with E-state index in [-0.39, 0.29) is 75.3 Å². The summed E-state index contributed by atoms with van der Waals surface area (Å²) in [6.07, 6.45) is 6.57. The molecule has 3 amide bonds. The monoisotopic (exact) mass is 1160 g/mol. The molecule has 25 nitrogen and oxygen atoms in total. The first kappa shape index (κ1) is 67.1. The molecule has 0 spiro atoms. The number of esters is 1. The Kier molecular flexibility index (Phi) is 33.8. The minimum Gasteiger partial charge on any atom is -0.420 e. The number of nitrogens with zero attached hydrogens (tertiary/aromatic N) is 5. The SMILES string of the molecule is CCCN(OCC)C(=O)C1=Cc2cnc(C(=O)Nc3cnc(NCCNC(=O)CCOCCOCCOCCOCCOCCOCCOCCOCCOCCOCCC(=O)Oc4c(F)c(F)cc(F)c4F)nc3)cc2N=C(N)C1. The average Bonchev–Trinajstić information content (AvgIpc) is 3.79. The third-order valence-electron chi connectivity index (χ3n) is 10.5. The van der Waals surface area contributed by atoms with Crippen LogP contribution in [0.5, 0.6) is 5.75 Å². The van der Waals surface area contributed by atoms with E-state index < -0.39 is 47.3 Å². The van der Waals surface area contributed by atoms with Crippen molar-refractivity contribution in [3.8, 4) is 5.75 Å². The Morgan fingerprint density at radius 1 is 0.617 bits per heavy atom. The largest absolute Gasteiger partial charge is 0.420 e. The minimum absolute atomic E-state index is 0.0115. The lowest BCUT2D eigenvalue weighted by molar-refractivity contribution is -0.180. The zero-order chi connectivity index (χ0) is 58.3. The molecule has 29 heteroatoms. The number of amides is 3. The number of aliphatic imine (C=N–C) groups is 1. The van der Waals surface area contributed by atoms with E-state index in [2.05, 4.69) is 40.6 Å². The number of pyridine rings is 1. The number of halogens is 4. The number of hydroxylamine groups is 2. The zero-order valence-corrected chi connectivity index (χ0v) is 45.6. The van der Waals surface area contributed by atoms with Gasteiger partial charge in [-0.15, -0.1) is 0 Å². The molecule has 3 heterocycles. The van der Waals surface area contributed by atoms with Gasteiger partial charge >= 0.3 is 5.97 Å². The van der Waals surface area contributed by atoms with Gasteiger partial charge in [0.15, 0.2) is 11.6 Å². The molecule has 0 radical (unpaired) electrons. The van der Waals surface area contributed by atoms with Crippen molar-refractivity contribution < 1.29 is 93.7 Å². The van der Waals surface area contributed by atoms with E-state index in [1.165, 1.54) is 29.7 Å². The number of aromatic nitrogens is 3. The Hall–Kier alpha value is -6.38. The van der Waals surface area contributed by atoms with E-state index in [9.17, 15) is 36.7 Å². The number of hydrogen-bond acceptors (Lipinski definition) is 22. The van der Waals surface area contributed by atoms with Gasteiger partial charge in [0.1, 0.15) is 11.5 Å². The number of rotatable bonds is 45. The number of nitrogens with two attached hydrogens (primary N) is 1. The summed E-state index contributed by atoms with van der Waals surface area (Å²) in [4.78, 5) is 72.7. The minimum atomic E-state index is -1.80. The predicted molar refractivity (Wildman–Crippen MR) is 283 cm³/mol. The number of carbonyl (C=O) groups excluding carboxylic acids is 4. The maximum atomic E-state index is 13.6. The van der Waals surface area contributed by atoms with Gasteiger partial charge in [0.05, 0.1) is 169 Å². The molecular weight excluding hydrogens is 1080 g/mol.